The first-order valence-electron chi connectivity index (χ1n) is 10.2. The summed E-state index contributed by atoms with van der Waals surface area (Å²) in [5.74, 6) is 0.984. The van der Waals surface area contributed by atoms with Gasteiger partial charge in [-0.25, -0.2) is 8.42 Å². The summed E-state index contributed by atoms with van der Waals surface area (Å²) in [4.78, 5) is 14.5. The van der Waals surface area contributed by atoms with Crippen LogP contribution in [0.1, 0.15) is 15.9 Å². The number of para-hydroxylation sites is 1. The van der Waals surface area contributed by atoms with E-state index in [1.165, 1.54) is 30.1 Å². The van der Waals surface area contributed by atoms with Gasteiger partial charge in [-0.2, -0.15) is 0 Å². The third-order valence-corrected chi connectivity index (χ3v) is 7.58. The molecule has 3 aromatic rings. The number of hydrogen-bond acceptors (Lipinski definition) is 5. The van der Waals surface area contributed by atoms with Crippen LogP contribution in [0.4, 0.5) is 5.69 Å². The highest BCUT2D eigenvalue weighted by atomic mass is 35.5. The second-order valence-electron chi connectivity index (χ2n) is 7.59. The summed E-state index contributed by atoms with van der Waals surface area (Å²) in [6, 6.07) is 18.4. The molecule has 1 aliphatic heterocycles. The van der Waals surface area contributed by atoms with E-state index >= 15 is 0 Å². The molecule has 0 atom stereocenters. The molecular weight excluding hydrogens is 464 g/mol. The number of rotatable bonds is 6. The van der Waals surface area contributed by atoms with Crippen LogP contribution in [-0.4, -0.2) is 46.5 Å². The standard InChI is InChI=1S/C24H23ClN2O5S/c1-26(16-17-8-11-21-22(14-17)32-13-12-31-21)24(28)18-9-10-20(25)23(15-18)33(29,30)27(2)19-6-4-3-5-7-19/h3-11,14-15H,12-13,16H2,1-2H3. The summed E-state index contributed by atoms with van der Waals surface area (Å²) < 4.78 is 38.7. The van der Waals surface area contributed by atoms with Crippen LogP contribution in [0.15, 0.2) is 71.6 Å². The number of amides is 1. The average Bonchev–Trinajstić information content (AvgIpc) is 2.83. The Morgan fingerprint density at radius 1 is 0.939 bits per heavy atom. The topological polar surface area (TPSA) is 76.1 Å². The molecule has 0 fully saturated rings. The summed E-state index contributed by atoms with van der Waals surface area (Å²) in [7, 11) is -0.875. The molecule has 0 aliphatic carbocycles. The van der Waals surface area contributed by atoms with E-state index in [0.717, 1.165) is 9.87 Å². The van der Waals surface area contributed by atoms with Gasteiger partial charge < -0.3 is 14.4 Å². The Labute approximate surface area is 198 Å². The van der Waals surface area contributed by atoms with Crippen LogP contribution in [0, 0.1) is 0 Å². The zero-order valence-corrected chi connectivity index (χ0v) is 19.8. The second kappa shape index (κ2) is 9.33. The summed E-state index contributed by atoms with van der Waals surface area (Å²) in [6.07, 6.45) is 0. The van der Waals surface area contributed by atoms with Crippen molar-refractivity contribution >= 4 is 33.2 Å². The number of nitrogens with zero attached hydrogens (tertiary/aromatic N) is 2. The van der Waals surface area contributed by atoms with Crippen LogP contribution in [0.3, 0.4) is 0 Å². The highest BCUT2D eigenvalue weighted by Crippen LogP contribution is 2.32. The minimum absolute atomic E-state index is 0.0452. The minimum Gasteiger partial charge on any atom is -0.486 e. The first kappa shape index (κ1) is 22.9. The van der Waals surface area contributed by atoms with Crippen molar-refractivity contribution in [2.75, 3.05) is 31.6 Å². The van der Waals surface area contributed by atoms with Crippen molar-refractivity contribution in [2.45, 2.75) is 11.4 Å². The molecule has 0 spiro atoms. The van der Waals surface area contributed by atoms with Gasteiger partial charge in [-0.1, -0.05) is 35.9 Å². The molecule has 4 rings (SSSR count). The fraction of sp³-hybridized carbons (Fsp3) is 0.208. The molecule has 0 saturated heterocycles. The number of sulfonamides is 1. The zero-order chi connectivity index (χ0) is 23.6. The summed E-state index contributed by atoms with van der Waals surface area (Å²) in [5, 5.41) is 0.0452. The molecule has 1 amide bonds. The first-order chi connectivity index (χ1) is 15.8. The summed E-state index contributed by atoms with van der Waals surface area (Å²) in [5.41, 5.74) is 1.57. The number of carbonyl (C=O) groups is 1. The number of hydrogen-bond donors (Lipinski definition) is 0. The molecule has 0 unspecified atom stereocenters. The maximum Gasteiger partial charge on any atom is 0.265 e. The van der Waals surface area contributed by atoms with E-state index in [1.807, 2.05) is 18.2 Å². The summed E-state index contributed by atoms with van der Waals surface area (Å²) in [6.45, 7) is 1.29. The van der Waals surface area contributed by atoms with Gasteiger partial charge in [0.15, 0.2) is 11.5 Å². The minimum atomic E-state index is -3.97. The lowest BCUT2D eigenvalue weighted by Crippen LogP contribution is -2.28. The SMILES string of the molecule is CN(Cc1ccc2c(c1)OCCO2)C(=O)c1ccc(Cl)c(S(=O)(=O)N(C)c2ccccc2)c1. The Hall–Kier alpha value is -3.23. The molecule has 0 N–H and O–H groups in total. The van der Waals surface area contributed by atoms with Crippen molar-refractivity contribution in [3.8, 4) is 11.5 Å². The quantitative estimate of drug-likeness (QED) is 0.521. The number of ether oxygens (including phenoxy) is 2. The maximum absolute atomic E-state index is 13.2. The lowest BCUT2D eigenvalue weighted by Gasteiger charge is -2.22. The van der Waals surface area contributed by atoms with Gasteiger partial charge in [0.05, 0.1) is 10.7 Å². The van der Waals surface area contributed by atoms with Crippen molar-refractivity contribution in [2.24, 2.45) is 0 Å². The van der Waals surface area contributed by atoms with Crippen LogP contribution in [0.5, 0.6) is 11.5 Å². The molecule has 1 heterocycles. The van der Waals surface area contributed by atoms with E-state index in [0.29, 0.717) is 36.9 Å². The van der Waals surface area contributed by atoms with Crippen molar-refractivity contribution in [3.05, 3.63) is 82.9 Å². The highest BCUT2D eigenvalue weighted by molar-refractivity contribution is 7.93. The van der Waals surface area contributed by atoms with E-state index in [1.54, 1.807) is 37.4 Å². The number of carbonyl (C=O) groups excluding carboxylic acids is 1. The lowest BCUT2D eigenvalue weighted by molar-refractivity contribution is 0.0784. The van der Waals surface area contributed by atoms with Crippen molar-refractivity contribution in [3.63, 3.8) is 0 Å². The van der Waals surface area contributed by atoms with Crippen molar-refractivity contribution in [1.82, 2.24) is 4.90 Å². The third kappa shape index (κ3) is 4.77. The van der Waals surface area contributed by atoms with Crippen LogP contribution >= 0.6 is 11.6 Å². The second-order valence-corrected chi connectivity index (χ2v) is 9.94. The Balaban J connectivity index is 1.57. The van der Waals surface area contributed by atoms with Gasteiger partial charge in [0.1, 0.15) is 18.1 Å². The number of anilines is 1. The molecule has 0 radical (unpaired) electrons. The molecule has 0 saturated carbocycles. The smallest absolute Gasteiger partial charge is 0.265 e. The number of fused-ring (bicyclic) bond motifs is 1. The van der Waals surface area contributed by atoms with Gasteiger partial charge in [0.25, 0.3) is 15.9 Å². The van der Waals surface area contributed by atoms with Gasteiger partial charge in [-0.15, -0.1) is 0 Å². The van der Waals surface area contributed by atoms with Gasteiger partial charge in [-0.05, 0) is 48.0 Å². The third-order valence-electron chi connectivity index (χ3n) is 5.31. The Morgan fingerprint density at radius 3 is 2.36 bits per heavy atom. The van der Waals surface area contributed by atoms with Crippen molar-refractivity contribution in [1.29, 1.82) is 0 Å². The molecule has 9 heteroatoms. The van der Waals surface area contributed by atoms with Crippen LogP contribution < -0.4 is 13.8 Å². The van der Waals surface area contributed by atoms with E-state index in [4.69, 9.17) is 21.1 Å². The van der Waals surface area contributed by atoms with Gasteiger partial charge in [-0.3, -0.25) is 9.10 Å². The molecular formula is C24H23ClN2O5S. The van der Waals surface area contributed by atoms with E-state index < -0.39 is 10.0 Å². The predicted molar refractivity (Wildman–Crippen MR) is 127 cm³/mol. The normalized spacial score (nSPS) is 12.8. The van der Waals surface area contributed by atoms with Crippen LogP contribution in [0.25, 0.3) is 0 Å². The van der Waals surface area contributed by atoms with Gasteiger partial charge >= 0.3 is 0 Å². The number of halogens is 1. The Kier molecular flexibility index (Phi) is 6.49. The molecule has 33 heavy (non-hydrogen) atoms. The molecule has 172 valence electrons. The monoisotopic (exact) mass is 486 g/mol. The van der Waals surface area contributed by atoms with Gasteiger partial charge in [0, 0.05) is 26.2 Å². The van der Waals surface area contributed by atoms with Gasteiger partial charge in [0.2, 0.25) is 0 Å². The highest BCUT2D eigenvalue weighted by Gasteiger charge is 2.26. The molecule has 0 aromatic heterocycles. The average molecular weight is 487 g/mol. The van der Waals surface area contributed by atoms with E-state index in [2.05, 4.69) is 0 Å². The fourth-order valence-electron chi connectivity index (χ4n) is 3.51. The number of benzene rings is 3. The first-order valence-corrected chi connectivity index (χ1v) is 12.1. The molecule has 3 aromatic carbocycles. The van der Waals surface area contributed by atoms with Crippen LogP contribution in [0.2, 0.25) is 5.02 Å². The zero-order valence-electron chi connectivity index (χ0n) is 18.2. The Bertz CT molecular complexity index is 1280. The van der Waals surface area contributed by atoms with E-state index in [9.17, 15) is 13.2 Å². The lowest BCUT2D eigenvalue weighted by atomic mass is 10.1. The van der Waals surface area contributed by atoms with Crippen molar-refractivity contribution < 1.29 is 22.7 Å². The molecule has 7 nitrogen and oxygen atoms in total. The largest absolute Gasteiger partial charge is 0.486 e. The molecule has 1 aliphatic rings. The van der Waals surface area contributed by atoms with E-state index in [-0.39, 0.29) is 21.4 Å². The Morgan fingerprint density at radius 2 is 1.64 bits per heavy atom. The predicted octanol–water partition coefficient (Wildman–Crippen LogP) is 4.21. The fourth-order valence-corrected chi connectivity index (χ4v) is 5.21. The van der Waals surface area contributed by atoms with Crippen LogP contribution in [-0.2, 0) is 16.6 Å². The summed E-state index contributed by atoms with van der Waals surface area (Å²) >= 11 is 6.24. The maximum atomic E-state index is 13.2. The molecule has 0 bridgehead atoms.